The van der Waals surface area contributed by atoms with Crippen LogP contribution in [-0.2, 0) is 65.4 Å². The number of carbonyl (C=O) groups excluding carboxylic acids is 4. The molecule has 0 spiro atoms. The monoisotopic (exact) mass is 1410 g/mol. The number of aliphatic hydroxyl groups is 1. The summed E-state index contributed by atoms with van der Waals surface area (Å²) >= 11 is 0. The Morgan fingerprint density at radius 1 is 0.292 bits per heavy atom. The molecule has 96 heavy (non-hydrogen) atoms. The lowest BCUT2D eigenvalue weighted by molar-refractivity contribution is -0.161. The molecule has 17 nitrogen and oxygen atoms in total. The van der Waals surface area contributed by atoms with Gasteiger partial charge in [-0.25, -0.2) is 9.13 Å². The van der Waals surface area contributed by atoms with Crippen molar-refractivity contribution in [3.8, 4) is 0 Å². The van der Waals surface area contributed by atoms with E-state index in [-0.39, 0.29) is 25.7 Å². The molecule has 0 fully saturated rings. The first kappa shape index (κ1) is 93.5. The number of aliphatic hydroxyl groups excluding tert-OH is 1. The number of ether oxygens (including phenoxy) is 4. The molecule has 0 rings (SSSR count). The van der Waals surface area contributed by atoms with E-state index < -0.39 is 97.5 Å². The second kappa shape index (κ2) is 71.0. The third kappa shape index (κ3) is 70.0. The van der Waals surface area contributed by atoms with Crippen molar-refractivity contribution in [2.45, 2.75) is 406 Å². The van der Waals surface area contributed by atoms with Crippen LogP contribution in [0.1, 0.15) is 387 Å². The second-order valence-electron chi connectivity index (χ2n) is 27.0. The fraction of sp³-hybridized carbons (Fsp3) is 0.896. The molecule has 0 saturated heterocycles. The lowest BCUT2D eigenvalue weighted by Crippen LogP contribution is -2.30. The summed E-state index contributed by atoms with van der Waals surface area (Å²) in [7, 11) is -9.92. The van der Waals surface area contributed by atoms with E-state index in [0.29, 0.717) is 25.7 Å². The van der Waals surface area contributed by atoms with Gasteiger partial charge >= 0.3 is 39.5 Å². The highest BCUT2D eigenvalue weighted by atomic mass is 31.2. The molecule has 0 amide bonds. The van der Waals surface area contributed by atoms with Crippen LogP contribution in [0.2, 0.25) is 0 Å². The molecule has 2 unspecified atom stereocenters. The van der Waals surface area contributed by atoms with Crippen LogP contribution < -0.4 is 0 Å². The number of hydrogen-bond donors (Lipinski definition) is 3. The first-order valence-corrected chi connectivity index (χ1v) is 42.6. The summed E-state index contributed by atoms with van der Waals surface area (Å²) in [5.41, 5.74) is 0. The van der Waals surface area contributed by atoms with Crippen molar-refractivity contribution >= 4 is 39.5 Å². The number of phosphoric ester groups is 2. The molecule has 0 bridgehead atoms. The Kier molecular flexibility index (Phi) is 69.1. The van der Waals surface area contributed by atoms with Crippen molar-refractivity contribution in [3.05, 3.63) is 24.3 Å². The Hall–Kier alpha value is -2.46. The summed E-state index contributed by atoms with van der Waals surface area (Å²) in [6.45, 7) is 4.94. The number of allylic oxidation sites excluding steroid dienone is 4. The largest absolute Gasteiger partial charge is 0.472 e. The van der Waals surface area contributed by atoms with Crippen LogP contribution in [0.15, 0.2) is 24.3 Å². The van der Waals surface area contributed by atoms with Crippen molar-refractivity contribution in [2.24, 2.45) is 0 Å². The highest BCUT2D eigenvalue weighted by Crippen LogP contribution is 2.45. The molecule has 566 valence electrons. The number of hydrogen-bond acceptors (Lipinski definition) is 15. The molecular formula is C77H146O17P2. The number of phosphoric acid groups is 2. The Morgan fingerprint density at radius 3 is 0.792 bits per heavy atom. The smallest absolute Gasteiger partial charge is 0.462 e. The van der Waals surface area contributed by atoms with Gasteiger partial charge in [0.05, 0.1) is 26.4 Å². The highest BCUT2D eigenvalue weighted by molar-refractivity contribution is 7.47. The predicted molar refractivity (Wildman–Crippen MR) is 391 cm³/mol. The summed E-state index contributed by atoms with van der Waals surface area (Å²) in [6.07, 6.45) is 64.4. The lowest BCUT2D eigenvalue weighted by Gasteiger charge is -2.21. The number of unbranched alkanes of at least 4 members (excludes halogenated alkanes) is 46. The minimum absolute atomic E-state index is 0.0876. The van der Waals surface area contributed by atoms with Crippen molar-refractivity contribution in [1.29, 1.82) is 0 Å². The molecule has 0 aromatic heterocycles. The van der Waals surface area contributed by atoms with Gasteiger partial charge in [-0.1, -0.05) is 328 Å². The average Bonchev–Trinajstić information content (AvgIpc) is 1.43. The molecule has 3 N–H and O–H groups in total. The lowest BCUT2D eigenvalue weighted by atomic mass is 10.0. The van der Waals surface area contributed by atoms with Crippen molar-refractivity contribution in [3.63, 3.8) is 0 Å². The highest BCUT2D eigenvalue weighted by Gasteiger charge is 2.30. The second-order valence-corrected chi connectivity index (χ2v) is 29.9. The van der Waals surface area contributed by atoms with E-state index in [2.05, 4.69) is 52.0 Å². The Balaban J connectivity index is 5.29. The molecule has 5 atom stereocenters. The van der Waals surface area contributed by atoms with E-state index in [1.807, 2.05) is 0 Å². The fourth-order valence-electron chi connectivity index (χ4n) is 11.4. The van der Waals surface area contributed by atoms with Crippen LogP contribution in [0.3, 0.4) is 0 Å². The molecule has 0 aromatic rings. The van der Waals surface area contributed by atoms with E-state index >= 15 is 0 Å². The van der Waals surface area contributed by atoms with Gasteiger partial charge in [-0.3, -0.25) is 37.3 Å². The molecule has 0 heterocycles. The number of carbonyl (C=O) groups is 4. The van der Waals surface area contributed by atoms with Crippen LogP contribution in [-0.4, -0.2) is 96.7 Å². The minimum atomic E-state index is -4.96. The fourth-order valence-corrected chi connectivity index (χ4v) is 13.0. The zero-order valence-corrected chi connectivity index (χ0v) is 63.6. The standard InChI is InChI=1S/C77H146O17P2/c1-5-9-13-17-21-25-29-33-35-39-42-46-50-54-58-62-75(80)88-68-73(94-77(82)64-60-56-52-48-44-40-36-34-30-26-22-18-14-10-6-2)70-92-96(85,86)90-66-71(78)65-89-95(83,84)91-69-72(93-76(81)63-59-55-51-47-43-38-32-28-24-20-16-12-8-4)67-87-74(79)61-57-53-49-45-41-37-31-27-23-19-15-11-7-3/h22,26,34,36,71-73,78H,5-21,23-25,27-33,35,37-70H2,1-4H3,(H,83,84)(H,85,86)/b26-22-,36-34-/t71-,72+,73+/m0/s1. The van der Waals surface area contributed by atoms with Gasteiger partial charge in [0, 0.05) is 25.7 Å². The van der Waals surface area contributed by atoms with E-state index in [4.69, 9.17) is 37.0 Å². The van der Waals surface area contributed by atoms with Gasteiger partial charge in [0.1, 0.15) is 19.3 Å². The minimum Gasteiger partial charge on any atom is -0.462 e. The molecule has 0 saturated carbocycles. The number of esters is 4. The molecule has 0 aliphatic heterocycles. The Labute approximate surface area is 586 Å². The van der Waals surface area contributed by atoms with Gasteiger partial charge in [0.15, 0.2) is 12.2 Å². The summed E-state index contributed by atoms with van der Waals surface area (Å²) in [5, 5.41) is 10.6. The quantitative estimate of drug-likeness (QED) is 0.0169. The van der Waals surface area contributed by atoms with Crippen LogP contribution in [0.4, 0.5) is 0 Å². The maximum absolute atomic E-state index is 13.1. The van der Waals surface area contributed by atoms with Gasteiger partial charge in [-0.05, 0) is 57.8 Å². The SMILES string of the molecule is CCCCC/C=C\C/C=C\CCCCCCCC(=O)O[C@H](COC(=O)CCCCCCCCCCCCCCCCC)COP(=O)(O)OC[C@@H](O)COP(=O)(O)OC[C@@H](COC(=O)CCCCCCCCCCCCCCC)OC(=O)CCCCCCCCCCCCCCC. The molecular weight excluding hydrogens is 1260 g/mol. The number of rotatable bonds is 76. The molecule has 0 aromatic carbocycles. The van der Waals surface area contributed by atoms with Crippen molar-refractivity contribution in [2.75, 3.05) is 39.6 Å². The normalized spacial score (nSPS) is 14.0. The molecule has 19 heteroatoms. The molecule has 0 aliphatic rings. The third-order valence-corrected chi connectivity index (χ3v) is 19.4. The third-order valence-electron chi connectivity index (χ3n) is 17.4. The van der Waals surface area contributed by atoms with Crippen LogP contribution in [0.5, 0.6) is 0 Å². The van der Waals surface area contributed by atoms with Crippen molar-refractivity contribution in [1.82, 2.24) is 0 Å². The van der Waals surface area contributed by atoms with Gasteiger partial charge in [0.2, 0.25) is 0 Å². The van der Waals surface area contributed by atoms with Crippen LogP contribution >= 0.6 is 15.6 Å². The van der Waals surface area contributed by atoms with Gasteiger partial charge in [0.25, 0.3) is 0 Å². The maximum Gasteiger partial charge on any atom is 0.472 e. The topological polar surface area (TPSA) is 237 Å². The summed E-state index contributed by atoms with van der Waals surface area (Å²) < 4.78 is 68.6. The first-order valence-electron chi connectivity index (χ1n) is 39.6. The van der Waals surface area contributed by atoms with E-state index in [9.17, 15) is 43.2 Å². The van der Waals surface area contributed by atoms with Crippen molar-refractivity contribution < 1.29 is 80.2 Å². The zero-order valence-electron chi connectivity index (χ0n) is 61.8. The zero-order chi connectivity index (χ0) is 70.4. The average molecular weight is 1410 g/mol. The maximum atomic E-state index is 13.1. The van der Waals surface area contributed by atoms with Crippen LogP contribution in [0.25, 0.3) is 0 Å². The molecule has 0 radical (unpaired) electrons. The van der Waals surface area contributed by atoms with E-state index in [1.54, 1.807) is 0 Å². The van der Waals surface area contributed by atoms with E-state index in [0.717, 1.165) is 109 Å². The van der Waals surface area contributed by atoms with E-state index in [1.165, 1.54) is 199 Å². The first-order chi connectivity index (χ1) is 46.7. The summed E-state index contributed by atoms with van der Waals surface area (Å²) in [6, 6.07) is 0. The molecule has 0 aliphatic carbocycles. The predicted octanol–water partition coefficient (Wildman–Crippen LogP) is 22.6. The van der Waals surface area contributed by atoms with Crippen LogP contribution in [0, 0.1) is 0 Å². The Morgan fingerprint density at radius 2 is 0.510 bits per heavy atom. The van der Waals surface area contributed by atoms with Gasteiger partial charge in [-0.15, -0.1) is 0 Å². The Bertz CT molecular complexity index is 1920. The van der Waals surface area contributed by atoms with Gasteiger partial charge < -0.3 is 33.8 Å². The summed E-state index contributed by atoms with van der Waals surface area (Å²) in [5.74, 6) is -2.14. The van der Waals surface area contributed by atoms with Gasteiger partial charge in [-0.2, -0.15) is 0 Å². The summed E-state index contributed by atoms with van der Waals surface area (Å²) in [4.78, 5) is 72.9.